The Hall–Kier alpha value is -3.00. The smallest absolute Gasteiger partial charge is 0.327 e. The molecule has 2 aromatic rings. The van der Waals surface area contributed by atoms with Crippen molar-refractivity contribution in [2.24, 2.45) is 5.14 Å². The molecule has 31 heavy (non-hydrogen) atoms. The van der Waals surface area contributed by atoms with E-state index in [2.05, 4.69) is 0 Å². The Kier molecular flexibility index (Phi) is 6.31. The fourth-order valence-electron chi connectivity index (χ4n) is 2.73. The van der Waals surface area contributed by atoms with E-state index in [4.69, 9.17) is 26.9 Å². The van der Waals surface area contributed by atoms with Gasteiger partial charge in [0, 0.05) is 11.6 Å². The van der Waals surface area contributed by atoms with Crippen molar-refractivity contribution in [3.8, 4) is 11.3 Å². The summed E-state index contributed by atoms with van der Waals surface area (Å²) in [5.41, 5.74) is 0.562. The van der Waals surface area contributed by atoms with E-state index in [9.17, 15) is 27.9 Å². The van der Waals surface area contributed by atoms with Crippen molar-refractivity contribution in [2.45, 2.75) is 17.4 Å². The number of aliphatic carboxylic acids is 2. The Balaban J connectivity index is 1.84. The van der Waals surface area contributed by atoms with Crippen molar-refractivity contribution in [3.63, 3.8) is 0 Å². The molecule has 0 radical (unpaired) electrons. The van der Waals surface area contributed by atoms with Crippen LogP contribution in [0.4, 0.5) is 0 Å². The van der Waals surface area contributed by atoms with E-state index in [0.29, 0.717) is 11.3 Å². The van der Waals surface area contributed by atoms with Crippen molar-refractivity contribution in [3.05, 3.63) is 47.1 Å². The van der Waals surface area contributed by atoms with Gasteiger partial charge in [0.05, 0.1) is 16.2 Å². The van der Waals surface area contributed by atoms with Crippen molar-refractivity contribution < 1.29 is 37.4 Å². The summed E-state index contributed by atoms with van der Waals surface area (Å²) in [5, 5.41) is 23.3. The largest absolute Gasteiger partial charge is 0.481 e. The normalized spacial score (nSPS) is 16.7. The van der Waals surface area contributed by atoms with Gasteiger partial charge in [-0.05, 0) is 36.4 Å². The Labute approximate surface area is 185 Å². The minimum atomic E-state index is -3.83. The molecular formula is C18H14N2O8S3. The van der Waals surface area contributed by atoms with Crippen LogP contribution in [0.25, 0.3) is 17.4 Å². The minimum absolute atomic E-state index is 0.0546. The Morgan fingerprint density at radius 1 is 1.19 bits per heavy atom. The Morgan fingerprint density at radius 2 is 1.84 bits per heavy atom. The van der Waals surface area contributed by atoms with E-state index in [1.807, 2.05) is 0 Å². The highest BCUT2D eigenvalue weighted by Gasteiger charge is 2.41. The zero-order chi connectivity index (χ0) is 22.9. The molecular weight excluding hydrogens is 468 g/mol. The number of benzene rings is 1. The van der Waals surface area contributed by atoms with E-state index < -0.39 is 40.3 Å². The predicted octanol–water partition coefficient (Wildman–Crippen LogP) is 1.72. The van der Waals surface area contributed by atoms with Crippen LogP contribution in [0.2, 0.25) is 0 Å². The van der Waals surface area contributed by atoms with Gasteiger partial charge in [-0.25, -0.2) is 18.4 Å². The number of hydrogen-bond donors (Lipinski definition) is 3. The summed E-state index contributed by atoms with van der Waals surface area (Å²) in [6.07, 6.45) is 0.565. The molecule has 1 aliphatic heterocycles. The lowest BCUT2D eigenvalue weighted by Gasteiger charge is -2.21. The molecule has 1 fully saturated rings. The Bertz CT molecular complexity index is 1210. The van der Waals surface area contributed by atoms with Crippen LogP contribution in [0.1, 0.15) is 12.2 Å². The molecule has 0 aliphatic carbocycles. The molecule has 13 heteroatoms. The first-order valence-electron chi connectivity index (χ1n) is 8.42. The lowest BCUT2D eigenvalue weighted by molar-refractivity contribution is -0.150. The van der Waals surface area contributed by atoms with E-state index in [-0.39, 0.29) is 19.9 Å². The number of furan rings is 1. The molecule has 1 amide bonds. The maximum absolute atomic E-state index is 12.6. The first kappa shape index (κ1) is 22.7. The summed E-state index contributed by atoms with van der Waals surface area (Å²) in [4.78, 5) is 35.8. The number of nitrogens with zero attached hydrogens (tertiary/aromatic N) is 1. The van der Waals surface area contributed by atoms with Gasteiger partial charge < -0.3 is 14.6 Å². The summed E-state index contributed by atoms with van der Waals surface area (Å²) in [5.74, 6) is -2.95. The van der Waals surface area contributed by atoms with Gasteiger partial charge in [-0.2, -0.15) is 0 Å². The van der Waals surface area contributed by atoms with Crippen LogP contribution >= 0.6 is 24.0 Å². The van der Waals surface area contributed by atoms with Crippen LogP contribution < -0.4 is 5.14 Å². The van der Waals surface area contributed by atoms with Crippen LogP contribution in [-0.4, -0.2) is 51.7 Å². The average molecular weight is 483 g/mol. The van der Waals surface area contributed by atoms with Gasteiger partial charge in [0.25, 0.3) is 5.91 Å². The fraction of sp³-hybridized carbons (Fsp3) is 0.111. The molecule has 162 valence electrons. The van der Waals surface area contributed by atoms with Gasteiger partial charge in [-0.15, -0.1) is 0 Å². The van der Waals surface area contributed by atoms with Crippen LogP contribution in [0, 0.1) is 0 Å². The topological polar surface area (TPSA) is 168 Å². The van der Waals surface area contributed by atoms with E-state index >= 15 is 0 Å². The van der Waals surface area contributed by atoms with Gasteiger partial charge >= 0.3 is 11.9 Å². The number of thioether (sulfide) groups is 1. The number of sulfonamides is 1. The number of thiocarbonyl (C=S) groups is 1. The van der Waals surface area contributed by atoms with Gasteiger partial charge in [-0.3, -0.25) is 14.5 Å². The fourth-order valence-corrected chi connectivity index (χ4v) is 4.58. The number of hydrogen-bond acceptors (Lipinski definition) is 8. The molecule has 1 aromatic heterocycles. The van der Waals surface area contributed by atoms with Crippen molar-refractivity contribution in [1.82, 2.24) is 4.90 Å². The van der Waals surface area contributed by atoms with Crippen LogP contribution in [0.15, 0.2) is 50.6 Å². The second kappa shape index (κ2) is 8.63. The highest BCUT2D eigenvalue weighted by Crippen LogP contribution is 2.35. The number of rotatable bonds is 7. The molecule has 4 N–H and O–H groups in total. The zero-order valence-electron chi connectivity index (χ0n) is 15.4. The van der Waals surface area contributed by atoms with Gasteiger partial charge in [0.2, 0.25) is 10.0 Å². The zero-order valence-corrected chi connectivity index (χ0v) is 17.9. The number of carbonyl (C=O) groups is 3. The molecule has 0 bridgehead atoms. The third-order valence-electron chi connectivity index (χ3n) is 4.16. The lowest BCUT2D eigenvalue weighted by atomic mass is 10.2. The summed E-state index contributed by atoms with van der Waals surface area (Å²) < 4.78 is 28.3. The number of primary sulfonamides is 1. The summed E-state index contributed by atoms with van der Waals surface area (Å²) in [7, 11) is -3.83. The standard InChI is InChI=1S/C18H14N2O8S3/c19-31(26,27)11-4-1-9(2-5-11)13-6-3-10(28-13)7-14-16(23)20(18(29)30-14)12(17(24)25)8-15(21)22/h1-7,12H,8H2,(H,21,22)(H,24,25)(H2,19,26,27)/b14-7-. The molecule has 0 spiro atoms. The summed E-state index contributed by atoms with van der Waals surface area (Å²) in [6.45, 7) is 0. The lowest BCUT2D eigenvalue weighted by Crippen LogP contribution is -2.45. The van der Waals surface area contributed by atoms with Crippen molar-refractivity contribution in [2.75, 3.05) is 0 Å². The second-order valence-electron chi connectivity index (χ2n) is 6.28. The first-order valence-corrected chi connectivity index (χ1v) is 11.2. The third-order valence-corrected chi connectivity index (χ3v) is 6.42. The van der Waals surface area contributed by atoms with E-state index in [1.165, 1.54) is 30.3 Å². The first-order chi connectivity index (χ1) is 14.5. The maximum Gasteiger partial charge on any atom is 0.327 e. The molecule has 1 saturated heterocycles. The molecule has 3 rings (SSSR count). The molecule has 1 aromatic carbocycles. The van der Waals surface area contributed by atoms with Crippen LogP contribution in [-0.2, 0) is 24.4 Å². The number of amides is 1. The highest BCUT2D eigenvalue weighted by atomic mass is 32.2. The predicted molar refractivity (Wildman–Crippen MR) is 114 cm³/mol. The molecule has 0 saturated carbocycles. The maximum atomic E-state index is 12.6. The SMILES string of the molecule is NS(=O)(=O)c1ccc(-c2ccc(/C=C3\SC(=S)N(C(CC(=O)O)C(=O)O)C3=O)o2)cc1. The number of carboxylic acid groups (broad SMARTS) is 2. The summed E-state index contributed by atoms with van der Waals surface area (Å²) in [6, 6.07) is 7.19. The molecule has 1 unspecified atom stereocenters. The van der Waals surface area contributed by atoms with Crippen LogP contribution in [0.3, 0.4) is 0 Å². The number of carboxylic acids is 2. The van der Waals surface area contributed by atoms with Crippen molar-refractivity contribution >= 4 is 62.2 Å². The highest BCUT2D eigenvalue weighted by molar-refractivity contribution is 8.26. The molecule has 2 heterocycles. The van der Waals surface area contributed by atoms with Gasteiger partial charge in [-0.1, -0.05) is 24.0 Å². The monoisotopic (exact) mass is 482 g/mol. The average Bonchev–Trinajstić information content (AvgIpc) is 3.24. The molecule has 10 nitrogen and oxygen atoms in total. The van der Waals surface area contributed by atoms with Gasteiger partial charge in [0.1, 0.15) is 21.9 Å². The number of nitrogens with two attached hydrogens (primary N) is 1. The molecule has 1 aliphatic rings. The van der Waals surface area contributed by atoms with Gasteiger partial charge in [0.15, 0.2) is 0 Å². The third kappa shape index (κ3) is 5.02. The molecule has 1 atom stereocenters. The van der Waals surface area contributed by atoms with E-state index in [1.54, 1.807) is 12.1 Å². The van der Waals surface area contributed by atoms with Crippen LogP contribution in [0.5, 0.6) is 0 Å². The minimum Gasteiger partial charge on any atom is -0.481 e. The number of carbonyl (C=O) groups excluding carboxylic acids is 1. The van der Waals surface area contributed by atoms with Crippen molar-refractivity contribution in [1.29, 1.82) is 0 Å². The summed E-state index contributed by atoms with van der Waals surface area (Å²) >= 11 is 5.90. The second-order valence-corrected chi connectivity index (χ2v) is 9.51. The Morgan fingerprint density at radius 3 is 2.39 bits per heavy atom. The van der Waals surface area contributed by atoms with E-state index in [0.717, 1.165) is 16.7 Å². The quantitative estimate of drug-likeness (QED) is 0.390.